The average molecular weight is 208 g/mol. The van der Waals surface area contributed by atoms with Gasteiger partial charge in [0.15, 0.2) is 0 Å². The number of hydrogen-bond donors (Lipinski definition) is 2. The van der Waals surface area contributed by atoms with Crippen molar-refractivity contribution < 1.29 is 15.3 Å². The third kappa shape index (κ3) is 3.04. The molecule has 0 aliphatic rings. The van der Waals surface area contributed by atoms with Crippen molar-refractivity contribution in [3.05, 3.63) is 35.9 Å². The van der Waals surface area contributed by atoms with E-state index in [0.29, 0.717) is 5.56 Å². The molecule has 0 atom stereocenters. The molecule has 0 aromatic heterocycles. The molecular weight excluding hydrogens is 194 g/mol. The van der Waals surface area contributed by atoms with Crippen LogP contribution in [0.15, 0.2) is 35.3 Å². The van der Waals surface area contributed by atoms with Gasteiger partial charge in [-0.1, -0.05) is 30.3 Å². The van der Waals surface area contributed by atoms with Gasteiger partial charge in [-0.15, -0.1) is 0 Å². The van der Waals surface area contributed by atoms with Crippen molar-refractivity contribution in [1.82, 2.24) is 0 Å². The fourth-order valence-electron chi connectivity index (χ4n) is 1.01. The highest BCUT2D eigenvalue weighted by Crippen LogP contribution is 2.09. The van der Waals surface area contributed by atoms with Crippen molar-refractivity contribution >= 4 is 5.90 Å². The number of benzene rings is 1. The second kappa shape index (κ2) is 4.91. The second-order valence-electron chi connectivity index (χ2n) is 3.60. The third-order valence-electron chi connectivity index (χ3n) is 2.07. The fourth-order valence-corrected chi connectivity index (χ4v) is 1.01. The Hall–Kier alpha value is -1.39. The van der Waals surface area contributed by atoms with Gasteiger partial charge in [-0.25, -0.2) is 0 Å². The number of aliphatic hydroxyl groups excluding tert-OH is 2. The molecule has 82 valence electrons. The largest absolute Gasteiger partial charge is 0.858 e. The summed E-state index contributed by atoms with van der Waals surface area (Å²) in [5.41, 5.74) is -0.655. The first kappa shape index (κ1) is 11.7. The normalized spacial score (nSPS) is 12.9. The topological polar surface area (TPSA) is 75.9 Å². The van der Waals surface area contributed by atoms with Crippen molar-refractivity contribution in [3.8, 4) is 0 Å². The molecule has 0 saturated heterocycles. The van der Waals surface area contributed by atoms with Crippen molar-refractivity contribution in [3.63, 3.8) is 0 Å². The van der Waals surface area contributed by atoms with E-state index in [1.165, 1.54) is 6.92 Å². The molecule has 0 saturated carbocycles. The zero-order valence-corrected chi connectivity index (χ0v) is 8.55. The number of hydrogen-bond acceptors (Lipinski definition) is 4. The van der Waals surface area contributed by atoms with Gasteiger partial charge >= 0.3 is 0 Å². The molecule has 1 rings (SSSR count). The van der Waals surface area contributed by atoms with Crippen LogP contribution < -0.4 is 5.11 Å². The van der Waals surface area contributed by atoms with Gasteiger partial charge in [-0.3, -0.25) is 4.99 Å². The molecule has 1 aromatic rings. The lowest BCUT2D eigenvalue weighted by Crippen LogP contribution is -2.35. The van der Waals surface area contributed by atoms with Crippen molar-refractivity contribution in [2.24, 2.45) is 4.99 Å². The van der Waals surface area contributed by atoms with Gasteiger partial charge in [0.2, 0.25) is 0 Å². The molecular formula is C11H14NO3-. The first-order chi connectivity index (χ1) is 7.11. The van der Waals surface area contributed by atoms with Crippen molar-refractivity contribution in [2.45, 2.75) is 12.5 Å². The summed E-state index contributed by atoms with van der Waals surface area (Å²) in [6.07, 6.45) is 0. The Bertz CT molecular complexity index is 331. The van der Waals surface area contributed by atoms with E-state index in [0.717, 1.165) is 0 Å². The molecule has 0 fully saturated rings. The van der Waals surface area contributed by atoms with Gasteiger partial charge in [-0.2, -0.15) is 0 Å². The third-order valence-corrected chi connectivity index (χ3v) is 2.07. The molecule has 0 unspecified atom stereocenters. The van der Waals surface area contributed by atoms with E-state index in [-0.39, 0.29) is 13.2 Å². The van der Waals surface area contributed by atoms with Crippen LogP contribution in [0.5, 0.6) is 0 Å². The summed E-state index contributed by atoms with van der Waals surface area (Å²) in [6, 6.07) is 8.55. The zero-order valence-electron chi connectivity index (χ0n) is 8.55. The summed E-state index contributed by atoms with van der Waals surface area (Å²) < 4.78 is 0. The van der Waals surface area contributed by atoms with Crippen LogP contribution in [-0.4, -0.2) is 34.9 Å². The number of aliphatic imine (C=N–C) groups is 1. The van der Waals surface area contributed by atoms with E-state index in [1.54, 1.807) is 30.3 Å². The van der Waals surface area contributed by atoms with Crippen LogP contribution in [0.1, 0.15) is 12.5 Å². The summed E-state index contributed by atoms with van der Waals surface area (Å²) in [4.78, 5) is 3.78. The lowest BCUT2D eigenvalue weighted by molar-refractivity contribution is -0.214. The van der Waals surface area contributed by atoms with Crippen molar-refractivity contribution in [2.75, 3.05) is 13.2 Å². The maximum Gasteiger partial charge on any atom is 0.103 e. The van der Waals surface area contributed by atoms with Crippen LogP contribution in [0.2, 0.25) is 0 Å². The van der Waals surface area contributed by atoms with Crippen LogP contribution in [0.25, 0.3) is 0 Å². The Morgan fingerprint density at radius 2 is 1.80 bits per heavy atom. The van der Waals surface area contributed by atoms with Gasteiger partial charge < -0.3 is 15.3 Å². The maximum absolute atomic E-state index is 11.6. The van der Waals surface area contributed by atoms with Crippen LogP contribution in [0.3, 0.4) is 0 Å². The van der Waals surface area contributed by atoms with E-state index in [4.69, 9.17) is 10.2 Å². The molecule has 15 heavy (non-hydrogen) atoms. The standard InChI is InChI=1S/C11H15NO3/c1-11(7-13,8-14)12-10(15)9-5-3-2-4-6-9/h2-6,13-14H,7-8H2,1H3,(H,12,15)/p-1. The predicted molar refractivity (Wildman–Crippen MR) is 55.6 cm³/mol. The smallest absolute Gasteiger partial charge is 0.103 e. The fraction of sp³-hybridized carbons (Fsp3) is 0.364. The van der Waals surface area contributed by atoms with E-state index in [9.17, 15) is 5.11 Å². The van der Waals surface area contributed by atoms with E-state index in [1.807, 2.05) is 0 Å². The second-order valence-corrected chi connectivity index (χ2v) is 3.60. The van der Waals surface area contributed by atoms with Gasteiger partial charge in [-0.05, 0) is 18.4 Å². The number of nitrogens with zero attached hydrogens (tertiary/aromatic N) is 1. The summed E-state index contributed by atoms with van der Waals surface area (Å²) in [7, 11) is 0. The van der Waals surface area contributed by atoms with Crippen LogP contribution in [0, 0.1) is 0 Å². The summed E-state index contributed by atoms with van der Waals surface area (Å²) in [6.45, 7) is 0.804. The molecule has 0 spiro atoms. The Morgan fingerprint density at radius 3 is 2.27 bits per heavy atom. The van der Waals surface area contributed by atoms with Crippen molar-refractivity contribution in [1.29, 1.82) is 0 Å². The Kier molecular flexibility index (Phi) is 3.82. The molecule has 4 nitrogen and oxygen atoms in total. The van der Waals surface area contributed by atoms with E-state index in [2.05, 4.69) is 4.99 Å². The summed E-state index contributed by atoms with van der Waals surface area (Å²) in [5, 5.41) is 29.5. The van der Waals surface area contributed by atoms with E-state index >= 15 is 0 Å². The van der Waals surface area contributed by atoms with Gasteiger partial charge in [0.1, 0.15) is 5.54 Å². The molecule has 2 N–H and O–H groups in total. The molecule has 0 aliphatic carbocycles. The predicted octanol–water partition coefficient (Wildman–Crippen LogP) is -0.463. The van der Waals surface area contributed by atoms with E-state index < -0.39 is 11.4 Å². The molecule has 4 heteroatoms. The molecule has 0 heterocycles. The van der Waals surface area contributed by atoms with Crippen LogP contribution >= 0.6 is 0 Å². The average Bonchev–Trinajstić information content (AvgIpc) is 2.30. The molecule has 0 amide bonds. The Balaban J connectivity index is 2.93. The first-order valence-corrected chi connectivity index (χ1v) is 4.65. The van der Waals surface area contributed by atoms with Gasteiger partial charge in [0, 0.05) is 0 Å². The van der Waals surface area contributed by atoms with Crippen LogP contribution in [-0.2, 0) is 0 Å². The molecule has 1 aromatic carbocycles. The quantitative estimate of drug-likeness (QED) is 0.519. The zero-order chi connectivity index (χ0) is 11.3. The highest BCUT2D eigenvalue weighted by Gasteiger charge is 2.20. The molecule has 0 bridgehead atoms. The summed E-state index contributed by atoms with van der Waals surface area (Å²) in [5.74, 6) is -0.429. The van der Waals surface area contributed by atoms with Crippen LogP contribution in [0.4, 0.5) is 0 Å². The monoisotopic (exact) mass is 208 g/mol. The molecule has 0 aliphatic heterocycles. The van der Waals surface area contributed by atoms with Gasteiger partial charge in [0.05, 0.1) is 13.2 Å². The lowest BCUT2D eigenvalue weighted by Gasteiger charge is -2.23. The highest BCUT2D eigenvalue weighted by atomic mass is 16.3. The SMILES string of the molecule is CC(CO)(CO)N=C([O-])c1ccccc1. The Morgan fingerprint density at radius 1 is 1.27 bits per heavy atom. The Labute approximate surface area is 88.5 Å². The number of rotatable bonds is 4. The lowest BCUT2D eigenvalue weighted by atomic mass is 10.1. The highest BCUT2D eigenvalue weighted by molar-refractivity contribution is 5.90. The first-order valence-electron chi connectivity index (χ1n) is 4.65. The minimum Gasteiger partial charge on any atom is -0.858 e. The molecule has 0 radical (unpaired) electrons. The summed E-state index contributed by atoms with van der Waals surface area (Å²) >= 11 is 0. The minimum atomic E-state index is -1.10. The van der Waals surface area contributed by atoms with Gasteiger partial charge in [0.25, 0.3) is 0 Å². The minimum absolute atomic E-state index is 0.359. The maximum atomic E-state index is 11.6. The number of aliphatic hydroxyl groups is 2.